The Bertz CT molecular complexity index is 504. The van der Waals surface area contributed by atoms with Crippen LogP contribution in [0.25, 0.3) is 0 Å². The summed E-state index contributed by atoms with van der Waals surface area (Å²) in [5.74, 6) is 0. The zero-order valence-electron chi connectivity index (χ0n) is 9.69. The van der Waals surface area contributed by atoms with Crippen molar-refractivity contribution < 1.29 is 5.11 Å². The van der Waals surface area contributed by atoms with E-state index in [1.54, 1.807) is 17.5 Å². The van der Waals surface area contributed by atoms with Gasteiger partial charge in [-0.2, -0.15) is 0 Å². The maximum Gasteiger partial charge on any atom is 0.130 e. The molecule has 1 unspecified atom stereocenters. The minimum absolute atomic E-state index is 0.598. The standard InChI is InChI=1S/C13H15NOS/c1-8-6-9(2)12(14-7-8)13(15)11-5-4-10(3)16-11/h4-7,13,15H,1-3H3. The lowest BCUT2D eigenvalue weighted by Crippen LogP contribution is -2.03. The molecule has 2 rings (SSSR count). The molecule has 2 aromatic rings. The van der Waals surface area contributed by atoms with E-state index in [0.717, 1.165) is 21.7 Å². The maximum absolute atomic E-state index is 10.2. The van der Waals surface area contributed by atoms with Crippen LogP contribution in [0.4, 0.5) is 0 Å². The van der Waals surface area contributed by atoms with Gasteiger partial charge in [-0.3, -0.25) is 4.98 Å². The molecule has 0 aliphatic heterocycles. The van der Waals surface area contributed by atoms with Crippen molar-refractivity contribution in [2.45, 2.75) is 26.9 Å². The van der Waals surface area contributed by atoms with Gasteiger partial charge in [0.05, 0.1) is 5.69 Å². The summed E-state index contributed by atoms with van der Waals surface area (Å²) in [5, 5.41) is 10.2. The fourth-order valence-electron chi connectivity index (χ4n) is 1.75. The van der Waals surface area contributed by atoms with E-state index in [2.05, 4.69) is 4.98 Å². The molecule has 0 bridgehead atoms. The van der Waals surface area contributed by atoms with E-state index in [-0.39, 0.29) is 0 Å². The second-order valence-corrected chi connectivity index (χ2v) is 5.39. The smallest absolute Gasteiger partial charge is 0.130 e. The number of pyridine rings is 1. The van der Waals surface area contributed by atoms with Crippen molar-refractivity contribution in [3.63, 3.8) is 0 Å². The number of hydrogen-bond donors (Lipinski definition) is 1. The van der Waals surface area contributed by atoms with Crippen LogP contribution in [0.15, 0.2) is 24.4 Å². The van der Waals surface area contributed by atoms with E-state index in [4.69, 9.17) is 0 Å². The van der Waals surface area contributed by atoms with Crippen LogP contribution in [-0.4, -0.2) is 10.1 Å². The molecule has 2 heterocycles. The average Bonchev–Trinajstić information content (AvgIpc) is 2.64. The highest BCUT2D eigenvalue weighted by molar-refractivity contribution is 7.12. The van der Waals surface area contributed by atoms with E-state index < -0.39 is 6.10 Å². The molecule has 0 radical (unpaired) electrons. The molecule has 0 aromatic carbocycles. The largest absolute Gasteiger partial charge is 0.381 e. The van der Waals surface area contributed by atoms with Crippen molar-refractivity contribution in [3.05, 3.63) is 51.0 Å². The van der Waals surface area contributed by atoms with Gasteiger partial charge in [-0.05, 0) is 44.0 Å². The van der Waals surface area contributed by atoms with Crippen LogP contribution in [0.1, 0.15) is 32.7 Å². The molecular weight excluding hydrogens is 218 g/mol. The summed E-state index contributed by atoms with van der Waals surface area (Å²) in [7, 11) is 0. The third kappa shape index (κ3) is 2.15. The van der Waals surface area contributed by atoms with Gasteiger partial charge in [0.1, 0.15) is 6.10 Å². The first kappa shape index (κ1) is 11.3. The summed E-state index contributed by atoms with van der Waals surface area (Å²) in [4.78, 5) is 6.48. The van der Waals surface area contributed by atoms with Gasteiger partial charge in [0.15, 0.2) is 0 Å². The van der Waals surface area contributed by atoms with Gasteiger partial charge in [0, 0.05) is 16.0 Å². The van der Waals surface area contributed by atoms with Crippen molar-refractivity contribution in [3.8, 4) is 0 Å². The van der Waals surface area contributed by atoms with Gasteiger partial charge >= 0.3 is 0 Å². The number of aromatic nitrogens is 1. The van der Waals surface area contributed by atoms with Gasteiger partial charge in [-0.25, -0.2) is 0 Å². The van der Waals surface area contributed by atoms with E-state index in [9.17, 15) is 5.11 Å². The van der Waals surface area contributed by atoms with Crippen molar-refractivity contribution >= 4 is 11.3 Å². The number of aliphatic hydroxyl groups excluding tert-OH is 1. The molecule has 1 atom stereocenters. The zero-order chi connectivity index (χ0) is 11.7. The maximum atomic E-state index is 10.2. The number of aryl methyl sites for hydroxylation is 3. The monoisotopic (exact) mass is 233 g/mol. The predicted molar refractivity (Wildman–Crippen MR) is 66.8 cm³/mol. The van der Waals surface area contributed by atoms with Crippen molar-refractivity contribution in [1.29, 1.82) is 0 Å². The molecule has 0 amide bonds. The number of thiophene rings is 1. The Hall–Kier alpha value is -1.19. The molecule has 3 heteroatoms. The number of nitrogens with zero attached hydrogens (tertiary/aromatic N) is 1. The average molecular weight is 233 g/mol. The number of aliphatic hydroxyl groups is 1. The van der Waals surface area contributed by atoms with Crippen LogP contribution in [0, 0.1) is 20.8 Å². The Labute approximate surface area is 99.6 Å². The van der Waals surface area contributed by atoms with Gasteiger partial charge in [0.25, 0.3) is 0 Å². The Morgan fingerprint density at radius 1 is 1.25 bits per heavy atom. The lowest BCUT2D eigenvalue weighted by atomic mass is 10.1. The summed E-state index contributed by atoms with van der Waals surface area (Å²) < 4.78 is 0. The van der Waals surface area contributed by atoms with Crippen LogP contribution >= 0.6 is 11.3 Å². The Morgan fingerprint density at radius 2 is 2.00 bits per heavy atom. The minimum Gasteiger partial charge on any atom is -0.381 e. The molecule has 0 aliphatic carbocycles. The van der Waals surface area contributed by atoms with Crippen LogP contribution in [0.5, 0.6) is 0 Å². The molecule has 2 aromatic heterocycles. The minimum atomic E-state index is -0.598. The Morgan fingerprint density at radius 3 is 2.56 bits per heavy atom. The highest BCUT2D eigenvalue weighted by Gasteiger charge is 2.15. The van der Waals surface area contributed by atoms with E-state index in [1.807, 2.05) is 39.0 Å². The highest BCUT2D eigenvalue weighted by Crippen LogP contribution is 2.28. The van der Waals surface area contributed by atoms with Crippen molar-refractivity contribution in [2.24, 2.45) is 0 Å². The lowest BCUT2D eigenvalue weighted by molar-refractivity contribution is 0.218. The zero-order valence-corrected chi connectivity index (χ0v) is 10.5. The first-order valence-electron chi connectivity index (χ1n) is 5.25. The molecule has 0 saturated heterocycles. The second-order valence-electron chi connectivity index (χ2n) is 4.07. The topological polar surface area (TPSA) is 33.1 Å². The molecule has 84 valence electrons. The summed E-state index contributed by atoms with van der Waals surface area (Å²) in [6.45, 7) is 6.03. The normalized spacial score (nSPS) is 12.8. The fourth-order valence-corrected chi connectivity index (χ4v) is 2.61. The van der Waals surface area contributed by atoms with E-state index >= 15 is 0 Å². The van der Waals surface area contributed by atoms with Crippen molar-refractivity contribution in [2.75, 3.05) is 0 Å². The van der Waals surface area contributed by atoms with Gasteiger partial charge in [-0.15, -0.1) is 11.3 Å². The summed E-state index contributed by atoms with van der Waals surface area (Å²) in [6, 6.07) is 6.03. The van der Waals surface area contributed by atoms with E-state index in [1.165, 1.54) is 4.88 Å². The number of hydrogen-bond acceptors (Lipinski definition) is 3. The summed E-state index contributed by atoms with van der Waals surface area (Å²) >= 11 is 1.61. The molecular formula is C13H15NOS. The molecule has 1 N–H and O–H groups in total. The van der Waals surface area contributed by atoms with Gasteiger partial charge in [0.2, 0.25) is 0 Å². The Kier molecular flexibility index (Phi) is 3.08. The Balaban J connectivity index is 2.37. The summed E-state index contributed by atoms with van der Waals surface area (Å²) in [5.41, 5.74) is 2.92. The molecule has 0 saturated carbocycles. The highest BCUT2D eigenvalue weighted by atomic mass is 32.1. The van der Waals surface area contributed by atoms with Gasteiger partial charge in [-0.1, -0.05) is 6.07 Å². The third-order valence-corrected chi connectivity index (χ3v) is 3.60. The molecule has 0 aliphatic rings. The number of rotatable bonds is 2. The van der Waals surface area contributed by atoms with Crippen molar-refractivity contribution in [1.82, 2.24) is 4.98 Å². The predicted octanol–water partition coefficient (Wildman–Crippen LogP) is 3.15. The molecule has 0 fully saturated rings. The molecule has 0 spiro atoms. The molecule has 16 heavy (non-hydrogen) atoms. The fraction of sp³-hybridized carbons (Fsp3) is 0.308. The first-order valence-corrected chi connectivity index (χ1v) is 6.07. The van der Waals surface area contributed by atoms with Crippen LogP contribution < -0.4 is 0 Å². The first-order chi connectivity index (χ1) is 7.58. The molecule has 2 nitrogen and oxygen atoms in total. The quantitative estimate of drug-likeness (QED) is 0.864. The van der Waals surface area contributed by atoms with Crippen LogP contribution in [-0.2, 0) is 0 Å². The lowest BCUT2D eigenvalue weighted by Gasteiger charge is -2.11. The van der Waals surface area contributed by atoms with Gasteiger partial charge < -0.3 is 5.11 Å². The SMILES string of the molecule is Cc1cnc(C(O)c2ccc(C)s2)c(C)c1. The third-order valence-electron chi connectivity index (χ3n) is 2.55. The van der Waals surface area contributed by atoms with E-state index in [0.29, 0.717) is 0 Å². The van der Waals surface area contributed by atoms with Crippen LogP contribution in [0.3, 0.4) is 0 Å². The second kappa shape index (κ2) is 4.36. The van der Waals surface area contributed by atoms with Crippen LogP contribution in [0.2, 0.25) is 0 Å². The summed E-state index contributed by atoms with van der Waals surface area (Å²) in [6.07, 6.45) is 1.20.